The van der Waals surface area contributed by atoms with Gasteiger partial charge in [-0.2, -0.15) is 0 Å². The average Bonchev–Trinajstić information content (AvgIpc) is 3.33. The molecule has 2 heterocycles. The predicted molar refractivity (Wildman–Crippen MR) is 117 cm³/mol. The molecule has 8 nitrogen and oxygen atoms in total. The molecule has 1 N–H and O–H groups in total. The molecule has 0 bridgehead atoms. The van der Waals surface area contributed by atoms with E-state index in [1.165, 1.54) is 25.2 Å². The minimum absolute atomic E-state index is 0.121. The number of aromatic nitrogens is 1. The first-order chi connectivity index (χ1) is 15.3. The van der Waals surface area contributed by atoms with Crippen LogP contribution in [0, 0.1) is 6.92 Å². The Morgan fingerprint density at radius 1 is 1.09 bits per heavy atom. The number of ketones is 1. The molecule has 1 amide bonds. The summed E-state index contributed by atoms with van der Waals surface area (Å²) in [6.07, 6.45) is 0. The molecule has 1 atom stereocenters. The molecule has 0 unspecified atom stereocenters. The van der Waals surface area contributed by atoms with Crippen LogP contribution >= 0.6 is 11.6 Å². The van der Waals surface area contributed by atoms with E-state index in [0.29, 0.717) is 33.4 Å². The highest BCUT2D eigenvalue weighted by atomic mass is 35.5. The van der Waals surface area contributed by atoms with E-state index in [4.69, 9.17) is 25.6 Å². The summed E-state index contributed by atoms with van der Waals surface area (Å²) in [5.74, 6) is -0.612. The van der Waals surface area contributed by atoms with Crippen LogP contribution in [0.25, 0.3) is 5.76 Å². The molecule has 0 aliphatic carbocycles. The van der Waals surface area contributed by atoms with E-state index in [1.807, 2.05) is 0 Å². The molecule has 1 fully saturated rings. The van der Waals surface area contributed by atoms with E-state index in [9.17, 15) is 14.7 Å². The Kier molecular flexibility index (Phi) is 5.63. The molecule has 32 heavy (non-hydrogen) atoms. The number of benzene rings is 2. The topological polar surface area (TPSA) is 102 Å². The minimum Gasteiger partial charge on any atom is -0.507 e. The van der Waals surface area contributed by atoms with Crippen molar-refractivity contribution in [2.75, 3.05) is 19.1 Å². The lowest BCUT2D eigenvalue weighted by atomic mass is 9.94. The number of halogens is 1. The molecule has 1 aliphatic heterocycles. The predicted octanol–water partition coefficient (Wildman–Crippen LogP) is 4.28. The SMILES string of the molecule is COc1ccc(OC)c([C@H]2C(=C(O)c3ccc(Cl)cc3)C(=O)C(=O)N2c2cc(C)on2)c1. The van der Waals surface area contributed by atoms with Crippen molar-refractivity contribution in [3.63, 3.8) is 0 Å². The number of ether oxygens (including phenoxy) is 2. The molecule has 0 saturated carbocycles. The Hall–Kier alpha value is -3.78. The van der Waals surface area contributed by atoms with E-state index in [0.717, 1.165) is 0 Å². The summed E-state index contributed by atoms with van der Waals surface area (Å²) in [7, 11) is 2.97. The maximum absolute atomic E-state index is 13.1. The van der Waals surface area contributed by atoms with Crippen LogP contribution in [0.3, 0.4) is 0 Å². The summed E-state index contributed by atoms with van der Waals surface area (Å²) >= 11 is 5.95. The lowest BCUT2D eigenvalue weighted by Crippen LogP contribution is -2.30. The van der Waals surface area contributed by atoms with Gasteiger partial charge < -0.3 is 19.1 Å². The molecule has 0 spiro atoms. The summed E-state index contributed by atoms with van der Waals surface area (Å²) in [5.41, 5.74) is 0.641. The number of carbonyl (C=O) groups excluding carboxylic acids is 2. The van der Waals surface area contributed by atoms with E-state index < -0.39 is 17.7 Å². The summed E-state index contributed by atoms with van der Waals surface area (Å²) in [6.45, 7) is 1.67. The van der Waals surface area contributed by atoms with Gasteiger partial charge in [0.2, 0.25) is 0 Å². The number of nitrogens with zero attached hydrogens (tertiary/aromatic N) is 2. The summed E-state index contributed by atoms with van der Waals surface area (Å²) in [4.78, 5) is 27.4. The fourth-order valence-electron chi connectivity index (χ4n) is 3.65. The smallest absolute Gasteiger partial charge is 0.301 e. The zero-order valence-corrected chi connectivity index (χ0v) is 18.2. The second-order valence-corrected chi connectivity index (χ2v) is 7.52. The van der Waals surface area contributed by atoms with Crippen molar-refractivity contribution in [3.05, 3.63) is 76.0 Å². The summed E-state index contributed by atoms with van der Waals surface area (Å²) in [6, 6.07) is 11.8. The van der Waals surface area contributed by atoms with Gasteiger partial charge >= 0.3 is 5.91 Å². The minimum atomic E-state index is -1.04. The molecule has 3 aromatic rings. The molecular formula is C23H19ClN2O6. The number of carbonyl (C=O) groups is 2. The van der Waals surface area contributed by atoms with Crippen LogP contribution in [-0.4, -0.2) is 36.2 Å². The third-order valence-corrected chi connectivity index (χ3v) is 5.41. The fraction of sp³-hybridized carbons (Fsp3) is 0.174. The third kappa shape index (κ3) is 3.58. The highest BCUT2D eigenvalue weighted by Crippen LogP contribution is 2.45. The molecule has 1 aliphatic rings. The van der Waals surface area contributed by atoms with Gasteiger partial charge in [0.15, 0.2) is 5.82 Å². The van der Waals surface area contributed by atoms with E-state index in [1.54, 1.807) is 49.4 Å². The van der Waals surface area contributed by atoms with Gasteiger partial charge in [0, 0.05) is 22.2 Å². The number of rotatable bonds is 5. The molecule has 1 saturated heterocycles. The zero-order chi connectivity index (χ0) is 23.0. The van der Waals surface area contributed by atoms with E-state index in [2.05, 4.69) is 5.16 Å². The number of hydrogen-bond acceptors (Lipinski definition) is 7. The molecule has 2 aromatic carbocycles. The first-order valence-electron chi connectivity index (χ1n) is 9.58. The number of amides is 1. The Morgan fingerprint density at radius 3 is 2.41 bits per heavy atom. The van der Waals surface area contributed by atoms with Crippen LogP contribution in [0.1, 0.15) is 22.9 Å². The first-order valence-corrected chi connectivity index (χ1v) is 9.95. The van der Waals surface area contributed by atoms with Crippen molar-refractivity contribution < 1.29 is 28.7 Å². The quantitative estimate of drug-likeness (QED) is 0.348. The summed E-state index contributed by atoms with van der Waals surface area (Å²) < 4.78 is 16.0. The number of aliphatic hydroxyl groups is 1. The van der Waals surface area contributed by atoms with Gasteiger partial charge in [-0.3, -0.25) is 14.5 Å². The Morgan fingerprint density at radius 2 is 1.81 bits per heavy atom. The van der Waals surface area contributed by atoms with Gasteiger partial charge in [-0.15, -0.1) is 0 Å². The van der Waals surface area contributed by atoms with E-state index in [-0.39, 0.29) is 17.2 Å². The lowest BCUT2D eigenvalue weighted by molar-refractivity contribution is -0.132. The van der Waals surface area contributed by atoms with Gasteiger partial charge in [-0.25, -0.2) is 0 Å². The zero-order valence-electron chi connectivity index (χ0n) is 17.5. The summed E-state index contributed by atoms with van der Waals surface area (Å²) in [5, 5.41) is 15.5. The van der Waals surface area contributed by atoms with Crippen molar-refractivity contribution in [2.24, 2.45) is 0 Å². The van der Waals surface area contributed by atoms with Crippen molar-refractivity contribution in [1.82, 2.24) is 5.16 Å². The number of hydrogen-bond donors (Lipinski definition) is 1. The Balaban J connectivity index is 2.00. The van der Waals surface area contributed by atoms with Crippen molar-refractivity contribution in [1.29, 1.82) is 0 Å². The largest absolute Gasteiger partial charge is 0.507 e. The first kappa shape index (κ1) is 21.5. The molecule has 9 heteroatoms. The second-order valence-electron chi connectivity index (χ2n) is 7.08. The number of anilines is 1. The fourth-order valence-corrected chi connectivity index (χ4v) is 3.77. The van der Waals surface area contributed by atoms with Gasteiger partial charge in [-0.05, 0) is 49.4 Å². The van der Waals surface area contributed by atoms with Gasteiger partial charge in [-0.1, -0.05) is 16.8 Å². The standard InChI is InChI=1S/C23H19ClN2O6/c1-12-10-18(25-32-12)26-20(16-11-15(30-2)8-9-17(16)31-3)19(22(28)23(26)29)21(27)13-4-6-14(24)7-5-13/h4-11,20,27H,1-3H3/t20-/m0/s1. The second kappa shape index (κ2) is 8.39. The monoisotopic (exact) mass is 454 g/mol. The molecule has 4 rings (SSSR count). The average molecular weight is 455 g/mol. The van der Waals surface area contributed by atoms with Crippen molar-refractivity contribution in [2.45, 2.75) is 13.0 Å². The van der Waals surface area contributed by atoms with Gasteiger partial charge in [0.05, 0.1) is 19.8 Å². The number of aryl methyl sites for hydroxylation is 1. The molecule has 164 valence electrons. The normalized spacial score (nSPS) is 17.6. The van der Waals surface area contributed by atoms with Gasteiger partial charge in [0.25, 0.3) is 5.78 Å². The van der Waals surface area contributed by atoms with Crippen LogP contribution in [0.5, 0.6) is 11.5 Å². The third-order valence-electron chi connectivity index (χ3n) is 5.16. The van der Waals surface area contributed by atoms with Crippen LogP contribution in [-0.2, 0) is 9.59 Å². The highest BCUT2D eigenvalue weighted by molar-refractivity contribution is 6.51. The molecule has 1 aromatic heterocycles. The number of aliphatic hydroxyl groups excluding tert-OH is 1. The van der Waals surface area contributed by atoms with Crippen molar-refractivity contribution in [3.8, 4) is 11.5 Å². The van der Waals surface area contributed by atoms with Crippen LogP contribution < -0.4 is 14.4 Å². The lowest BCUT2D eigenvalue weighted by Gasteiger charge is -2.24. The van der Waals surface area contributed by atoms with Crippen molar-refractivity contribution >= 4 is 34.9 Å². The Bertz CT molecular complexity index is 1230. The Labute approximate surface area is 188 Å². The maximum atomic E-state index is 13.1. The highest BCUT2D eigenvalue weighted by Gasteiger charge is 2.49. The number of Topliss-reactive ketones (excluding diaryl/α,β-unsaturated/α-hetero) is 1. The van der Waals surface area contributed by atoms with Crippen LogP contribution in [0.4, 0.5) is 5.82 Å². The number of methoxy groups -OCH3 is 2. The van der Waals surface area contributed by atoms with Crippen LogP contribution in [0.2, 0.25) is 5.02 Å². The molecule has 0 radical (unpaired) electrons. The van der Waals surface area contributed by atoms with Gasteiger partial charge in [0.1, 0.15) is 29.1 Å². The molecular weight excluding hydrogens is 436 g/mol. The van der Waals surface area contributed by atoms with E-state index >= 15 is 0 Å². The van der Waals surface area contributed by atoms with Crippen LogP contribution in [0.15, 0.2) is 58.6 Å². The maximum Gasteiger partial charge on any atom is 0.301 e.